The highest BCUT2D eigenvalue weighted by Gasteiger charge is 2.25. The third-order valence-electron chi connectivity index (χ3n) is 3.83. The monoisotopic (exact) mass is 247 g/mol. The lowest BCUT2D eigenvalue weighted by atomic mass is 9.97. The minimum Gasteiger partial charge on any atom is -0.353 e. The second-order valence-corrected chi connectivity index (χ2v) is 5.34. The number of nitrogens with two attached hydrogens (primary N) is 1. The molecule has 2 atom stereocenters. The first-order valence-electron chi connectivity index (χ1n) is 7.21. The van der Waals surface area contributed by atoms with E-state index in [2.05, 4.69) is 22.9 Å². The van der Waals surface area contributed by atoms with Gasteiger partial charge in [0.05, 0.1) is 0 Å². The summed E-state index contributed by atoms with van der Waals surface area (Å²) in [7, 11) is 0. The maximum Gasteiger partial charge on any atom is 0.133 e. The molecule has 1 unspecified atom stereocenters. The highest BCUT2D eigenvalue weighted by molar-refractivity contribution is 5.49. The molecule has 0 amide bonds. The molecule has 1 aromatic rings. The predicted octanol–water partition coefficient (Wildman–Crippen LogP) is 3.26. The average Bonchev–Trinajstić information content (AvgIpc) is 2.40. The molecule has 1 fully saturated rings. The summed E-state index contributed by atoms with van der Waals surface area (Å²) in [6.07, 6.45) is 8.30. The Kier molecular flexibility index (Phi) is 4.59. The predicted molar refractivity (Wildman–Crippen MR) is 76.7 cm³/mol. The molecule has 0 radical (unpaired) electrons. The Bertz CT molecular complexity index is 374. The first-order chi connectivity index (χ1) is 8.74. The molecule has 18 heavy (non-hydrogen) atoms. The number of hydrogen-bond acceptors (Lipinski definition) is 3. The number of nitrogens with zero attached hydrogens (tertiary/aromatic N) is 2. The molecule has 1 aliphatic heterocycles. The molecule has 2 N–H and O–H groups in total. The van der Waals surface area contributed by atoms with E-state index in [4.69, 9.17) is 5.73 Å². The summed E-state index contributed by atoms with van der Waals surface area (Å²) in [5, 5.41) is 0. The number of hydrogen-bond donors (Lipinski definition) is 1. The molecule has 100 valence electrons. The van der Waals surface area contributed by atoms with Crippen LogP contribution in [0.3, 0.4) is 0 Å². The van der Waals surface area contributed by atoms with Crippen LogP contribution in [0.2, 0.25) is 0 Å². The first-order valence-corrected chi connectivity index (χ1v) is 7.21. The molecule has 0 bridgehead atoms. The topological polar surface area (TPSA) is 42.2 Å². The molecule has 3 nitrogen and oxygen atoms in total. The standard InChI is InChI=1S/C15H25N3/c1-3-7-13-8-4-5-11-18(13)15-14(12(2)16)9-6-10-17-15/h6,9-10,12-13H,3-5,7-8,11,16H2,1-2H3/t12-,13?/m0/s1. The zero-order valence-electron chi connectivity index (χ0n) is 11.6. The third-order valence-corrected chi connectivity index (χ3v) is 3.83. The lowest BCUT2D eigenvalue weighted by Crippen LogP contribution is -2.40. The molecule has 1 aliphatic rings. The van der Waals surface area contributed by atoms with Crippen LogP contribution in [-0.4, -0.2) is 17.6 Å². The van der Waals surface area contributed by atoms with E-state index >= 15 is 0 Å². The van der Waals surface area contributed by atoms with Crippen molar-refractivity contribution < 1.29 is 0 Å². The van der Waals surface area contributed by atoms with Crippen LogP contribution in [0.1, 0.15) is 57.6 Å². The van der Waals surface area contributed by atoms with Gasteiger partial charge in [-0.15, -0.1) is 0 Å². The van der Waals surface area contributed by atoms with Gasteiger partial charge in [-0.3, -0.25) is 0 Å². The Hall–Kier alpha value is -1.09. The van der Waals surface area contributed by atoms with E-state index in [1.807, 2.05) is 19.2 Å². The molecular weight excluding hydrogens is 222 g/mol. The number of piperidine rings is 1. The van der Waals surface area contributed by atoms with E-state index < -0.39 is 0 Å². The maximum absolute atomic E-state index is 6.07. The van der Waals surface area contributed by atoms with Crippen LogP contribution in [-0.2, 0) is 0 Å². The highest BCUT2D eigenvalue weighted by Crippen LogP contribution is 2.30. The van der Waals surface area contributed by atoms with Crippen molar-refractivity contribution in [1.82, 2.24) is 4.98 Å². The van der Waals surface area contributed by atoms with Gasteiger partial charge < -0.3 is 10.6 Å². The van der Waals surface area contributed by atoms with Crippen molar-refractivity contribution in [3.8, 4) is 0 Å². The molecule has 0 spiro atoms. The van der Waals surface area contributed by atoms with Gasteiger partial charge in [-0.05, 0) is 38.7 Å². The number of pyridine rings is 1. The summed E-state index contributed by atoms with van der Waals surface area (Å²) in [6, 6.07) is 4.81. The van der Waals surface area contributed by atoms with E-state index in [0.717, 1.165) is 12.4 Å². The normalized spacial score (nSPS) is 21.9. The zero-order valence-corrected chi connectivity index (χ0v) is 11.6. The minimum atomic E-state index is 0.0536. The lowest BCUT2D eigenvalue weighted by Gasteiger charge is -2.38. The fourth-order valence-corrected chi connectivity index (χ4v) is 2.92. The second-order valence-electron chi connectivity index (χ2n) is 5.34. The van der Waals surface area contributed by atoms with Crippen molar-refractivity contribution in [2.45, 2.75) is 58.0 Å². The fraction of sp³-hybridized carbons (Fsp3) is 0.667. The van der Waals surface area contributed by atoms with Crippen molar-refractivity contribution in [2.24, 2.45) is 5.73 Å². The van der Waals surface area contributed by atoms with Crippen LogP contribution in [0.5, 0.6) is 0 Å². The summed E-state index contributed by atoms with van der Waals surface area (Å²) >= 11 is 0. The van der Waals surface area contributed by atoms with Gasteiger partial charge >= 0.3 is 0 Å². The Morgan fingerprint density at radius 3 is 3.06 bits per heavy atom. The van der Waals surface area contributed by atoms with E-state index in [1.165, 1.54) is 37.7 Å². The summed E-state index contributed by atoms with van der Waals surface area (Å²) in [5.41, 5.74) is 7.25. The van der Waals surface area contributed by atoms with E-state index in [9.17, 15) is 0 Å². The van der Waals surface area contributed by atoms with Gasteiger partial charge in [0.25, 0.3) is 0 Å². The Morgan fingerprint density at radius 1 is 1.50 bits per heavy atom. The summed E-state index contributed by atoms with van der Waals surface area (Å²) < 4.78 is 0. The van der Waals surface area contributed by atoms with Gasteiger partial charge in [0.2, 0.25) is 0 Å². The lowest BCUT2D eigenvalue weighted by molar-refractivity contribution is 0.430. The largest absolute Gasteiger partial charge is 0.353 e. The molecule has 0 saturated carbocycles. The van der Waals surface area contributed by atoms with Crippen LogP contribution in [0.15, 0.2) is 18.3 Å². The number of anilines is 1. The van der Waals surface area contributed by atoms with E-state index in [-0.39, 0.29) is 6.04 Å². The summed E-state index contributed by atoms with van der Waals surface area (Å²) in [5.74, 6) is 1.12. The van der Waals surface area contributed by atoms with Crippen molar-refractivity contribution in [3.05, 3.63) is 23.9 Å². The first kappa shape index (κ1) is 13.3. The van der Waals surface area contributed by atoms with Crippen molar-refractivity contribution >= 4 is 5.82 Å². The van der Waals surface area contributed by atoms with Crippen LogP contribution >= 0.6 is 0 Å². The molecule has 1 saturated heterocycles. The Labute approximate surface area is 110 Å². The van der Waals surface area contributed by atoms with Crippen LogP contribution in [0, 0.1) is 0 Å². The molecule has 0 aromatic carbocycles. The van der Waals surface area contributed by atoms with Crippen LogP contribution in [0.25, 0.3) is 0 Å². The van der Waals surface area contributed by atoms with Crippen molar-refractivity contribution in [3.63, 3.8) is 0 Å². The van der Waals surface area contributed by atoms with Crippen molar-refractivity contribution in [1.29, 1.82) is 0 Å². The SMILES string of the molecule is CCCC1CCCCN1c1ncccc1[C@H](C)N. The van der Waals surface area contributed by atoms with Gasteiger partial charge in [-0.1, -0.05) is 19.4 Å². The zero-order chi connectivity index (χ0) is 13.0. The average molecular weight is 247 g/mol. The van der Waals surface area contributed by atoms with Gasteiger partial charge in [0.1, 0.15) is 5.82 Å². The third kappa shape index (κ3) is 2.83. The number of rotatable bonds is 4. The summed E-state index contributed by atoms with van der Waals surface area (Å²) in [6.45, 7) is 5.43. The van der Waals surface area contributed by atoms with E-state index in [0.29, 0.717) is 6.04 Å². The Morgan fingerprint density at radius 2 is 2.33 bits per heavy atom. The minimum absolute atomic E-state index is 0.0536. The van der Waals surface area contributed by atoms with Crippen LogP contribution < -0.4 is 10.6 Å². The molecule has 0 aliphatic carbocycles. The molecule has 2 heterocycles. The van der Waals surface area contributed by atoms with Crippen LogP contribution in [0.4, 0.5) is 5.82 Å². The summed E-state index contributed by atoms with van der Waals surface area (Å²) in [4.78, 5) is 7.09. The Balaban J connectivity index is 2.27. The van der Waals surface area contributed by atoms with Gasteiger partial charge in [0, 0.05) is 30.4 Å². The smallest absolute Gasteiger partial charge is 0.133 e. The second kappa shape index (κ2) is 6.19. The van der Waals surface area contributed by atoms with Gasteiger partial charge in [0.15, 0.2) is 0 Å². The molecule has 1 aromatic heterocycles. The van der Waals surface area contributed by atoms with Crippen molar-refractivity contribution in [2.75, 3.05) is 11.4 Å². The highest BCUT2D eigenvalue weighted by atomic mass is 15.2. The van der Waals surface area contributed by atoms with Gasteiger partial charge in [-0.25, -0.2) is 4.98 Å². The number of aromatic nitrogens is 1. The quantitative estimate of drug-likeness (QED) is 0.888. The molecule has 2 rings (SSSR count). The maximum atomic E-state index is 6.07. The fourth-order valence-electron chi connectivity index (χ4n) is 2.92. The van der Waals surface area contributed by atoms with E-state index in [1.54, 1.807) is 0 Å². The van der Waals surface area contributed by atoms with Gasteiger partial charge in [-0.2, -0.15) is 0 Å². The molecular formula is C15H25N3. The molecule has 3 heteroatoms.